The van der Waals surface area contributed by atoms with E-state index in [-0.39, 0.29) is 0 Å². The molecule has 0 spiro atoms. The van der Waals surface area contributed by atoms with Crippen LogP contribution in [0, 0.1) is 5.92 Å². The molecule has 0 saturated carbocycles. The second kappa shape index (κ2) is 8.97. The summed E-state index contributed by atoms with van der Waals surface area (Å²) in [7, 11) is 0. The van der Waals surface area contributed by atoms with E-state index in [0.29, 0.717) is 12.0 Å². The lowest BCUT2D eigenvalue weighted by molar-refractivity contribution is -0.124. The molecule has 0 unspecified atom stereocenters. The molecule has 1 aliphatic rings. The Bertz CT molecular complexity index is 657. The van der Waals surface area contributed by atoms with Crippen molar-refractivity contribution in [2.45, 2.75) is 59.5 Å². The van der Waals surface area contributed by atoms with Crippen molar-refractivity contribution in [1.82, 2.24) is 20.3 Å². The van der Waals surface area contributed by atoms with Gasteiger partial charge in [0.25, 0.3) is 5.91 Å². The van der Waals surface area contributed by atoms with E-state index in [2.05, 4.69) is 43.7 Å². The lowest BCUT2D eigenvalue weighted by Gasteiger charge is -2.17. The zero-order chi connectivity index (χ0) is 18.4. The summed E-state index contributed by atoms with van der Waals surface area (Å²) in [6.07, 6.45) is 7.88. The van der Waals surface area contributed by atoms with E-state index in [1.807, 2.05) is 0 Å². The van der Waals surface area contributed by atoms with Crippen LogP contribution in [0.4, 0.5) is 0 Å². The molecule has 0 fully saturated rings. The van der Waals surface area contributed by atoms with Gasteiger partial charge in [0, 0.05) is 37.3 Å². The zero-order valence-corrected chi connectivity index (χ0v) is 15.7. The molecule has 25 heavy (non-hydrogen) atoms. The summed E-state index contributed by atoms with van der Waals surface area (Å²) in [4.78, 5) is 16.0. The molecule has 0 aromatic carbocycles. The highest BCUT2D eigenvalue weighted by Crippen LogP contribution is 2.26. The van der Waals surface area contributed by atoms with Crippen LogP contribution in [0.5, 0.6) is 0 Å². The molecular formula is C19H30N4O2. The van der Waals surface area contributed by atoms with Crippen molar-refractivity contribution in [3.8, 4) is 0 Å². The number of imidazole rings is 1. The van der Waals surface area contributed by atoms with Crippen LogP contribution in [0.1, 0.15) is 51.3 Å². The van der Waals surface area contributed by atoms with E-state index < -0.39 is 5.91 Å². The van der Waals surface area contributed by atoms with E-state index in [9.17, 15) is 4.79 Å². The average molecular weight is 346 g/mol. The number of fused-ring (bicyclic) bond motifs is 1. The van der Waals surface area contributed by atoms with Gasteiger partial charge in [-0.15, -0.1) is 0 Å². The number of carbonyl (C=O) groups is 1. The van der Waals surface area contributed by atoms with Gasteiger partial charge in [-0.05, 0) is 30.4 Å². The Labute approximate surface area is 150 Å². The average Bonchev–Trinajstić information content (AvgIpc) is 2.88. The number of carbonyl (C=O) groups excluding carboxylic acids is 1. The molecule has 2 rings (SSSR count). The third kappa shape index (κ3) is 5.54. The highest BCUT2D eigenvalue weighted by Gasteiger charge is 2.20. The maximum atomic E-state index is 11.2. The quantitative estimate of drug-likeness (QED) is 0.384. The predicted molar refractivity (Wildman–Crippen MR) is 99.3 cm³/mol. The fourth-order valence-electron chi connectivity index (χ4n) is 3.05. The fraction of sp³-hybridized carbons (Fsp3) is 0.579. The SMILES string of the molecule is CC(C)Cc1nc2c(n1CCNC(C)C)CCC(/C=C/C(=O)NO)=C2. The molecule has 0 bridgehead atoms. The first-order valence-electron chi connectivity index (χ1n) is 9.05. The summed E-state index contributed by atoms with van der Waals surface area (Å²) in [6.45, 7) is 10.6. The molecule has 1 heterocycles. The molecule has 6 heteroatoms. The van der Waals surface area contributed by atoms with Gasteiger partial charge < -0.3 is 9.88 Å². The molecule has 0 atom stereocenters. The van der Waals surface area contributed by atoms with Gasteiger partial charge in [-0.1, -0.05) is 33.8 Å². The summed E-state index contributed by atoms with van der Waals surface area (Å²) in [5, 5.41) is 12.1. The third-order valence-electron chi connectivity index (χ3n) is 4.19. The first-order chi connectivity index (χ1) is 11.9. The van der Waals surface area contributed by atoms with Gasteiger partial charge in [0.2, 0.25) is 0 Å². The van der Waals surface area contributed by atoms with Crippen LogP contribution in [-0.4, -0.2) is 33.3 Å². The van der Waals surface area contributed by atoms with Crippen LogP contribution in [0.3, 0.4) is 0 Å². The molecule has 1 amide bonds. The lowest BCUT2D eigenvalue weighted by Crippen LogP contribution is -2.28. The summed E-state index contributed by atoms with van der Waals surface area (Å²) in [5.74, 6) is 1.18. The van der Waals surface area contributed by atoms with Gasteiger partial charge in [0.1, 0.15) is 5.82 Å². The van der Waals surface area contributed by atoms with Crippen LogP contribution in [0.25, 0.3) is 6.08 Å². The van der Waals surface area contributed by atoms with E-state index in [4.69, 9.17) is 10.2 Å². The molecule has 1 aromatic heterocycles. The molecule has 6 nitrogen and oxygen atoms in total. The van der Waals surface area contributed by atoms with E-state index in [1.54, 1.807) is 11.6 Å². The molecule has 0 radical (unpaired) electrons. The fourth-order valence-corrected chi connectivity index (χ4v) is 3.05. The van der Waals surface area contributed by atoms with Gasteiger partial charge in [-0.3, -0.25) is 10.0 Å². The van der Waals surface area contributed by atoms with Crippen molar-refractivity contribution in [1.29, 1.82) is 0 Å². The highest BCUT2D eigenvalue weighted by atomic mass is 16.5. The normalized spacial score (nSPS) is 14.3. The van der Waals surface area contributed by atoms with Gasteiger partial charge in [-0.2, -0.15) is 0 Å². The standard InChI is InChI=1S/C19H30N4O2/c1-13(2)11-18-21-16-12-15(6-8-19(24)22-25)5-7-17(16)23(18)10-9-20-14(3)4/h6,8,12-14,20,25H,5,7,9-11H2,1-4H3,(H,22,24)/b8-6+. The Morgan fingerprint density at radius 1 is 1.36 bits per heavy atom. The van der Waals surface area contributed by atoms with Crippen molar-refractivity contribution in [2.75, 3.05) is 6.54 Å². The minimum absolute atomic E-state index is 0.474. The Balaban J connectivity index is 2.23. The predicted octanol–water partition coefficient (Wildman–Crippen LogP) is 2.47. The van der Waals surface area contributed by atoms with Crippen LogP contribution in [0.2, 0.25) is 0 Å². The van der Waals surface area contributed by atoms with Gasteiger partial charge >= 0.3 is 0 Å². The maximum absolute atomic E-state index is 11.2. The molecule has 138 valence electrons. The maximum Gasteiger partial charge on any atom is 0.267 e. The van der Waals surface area contributed by atoms with Crippen molar-refractivity contribution >= 4 is 12.0 Å². The molecule has 0 aliphatic heterocycles. The Kier molecular flexibility index (Phi) is 6.96. The summed E-state index contributed by atoms with van der Waals surface area (Å²) < 4.78 is 2.36. The summed E-state index contributed by atoms with van der Waals surface area (Å²) in [6, 6.07) is 0.474. The van der Waals surface area contributed by atoms with E-state index >= 15 is 0 Å². The van der Waals surface area contributed by atoms with Crippen molar-refractivity contribution in [2.24, 2.45) is 5.92 Å². The first-order valence-corrected chi connectivity index (χ1v) is 9.05. The number of allylic oxidation sites excluding steroid dienone is 2. The van der Waals surface area contributed by atoms with Crippen LogP contribution in [0.15, 0.2) is 17.7 Å². The molecule has 0 saturated heterocycles. The highest BCUT2D eigenvalue weighted by molar-refractivity contribution is 5.87. The monoisotopic (exact) mass is 346 g/mol. The number of rotatable bonds is 8. The molecule has 3 N–H and O–H groups in total. The van der Waals surface area contributed by atoms with E-state index in [1.165, 1.54) is 11.8 Å². The van der Waals surface area contributed by atoms with Gasteiger partial charge in [-0.25, -0.2) is 10.5 Å². The Morgan fingerprint density at radius 3 is 2.76 bits per heavy atom. The number of nitrogens with zero attached hydrogens (tertiary/aromatic N) is 2. The van der Waals surface area contributed by atoms with Gasteiger partial charge in [0.05, 0.1) is 5.69 Å². The Hall–Kier alpha value is -1.92. The summed E-state index contributed by atoms with van der Waals surface area (Å²) in [5.41, 5.74) is 4.96. The molecule has 1 aromatic rings. The minimum atomic E-state index is -0.516. The van der Waals surface area contributed by atoms with Crippen LogP contribution >= 0.6 is 0 Å². The second-order valence-electron chi connectivity index (χ2n) is 7.25. The summed E-state index contributed by atoms with van der Waals surface area (Å²) >= 11 is 0. The number of hydrogen-bond acceptors (Lipinski definition) is 4. The Morgan fingerprint density at radius 2 is 2.12 bits per heavy atom. The smallest absolute Gasteiger partial charge is 0.267 e. The second-order valence-corrected chi connectivity index (χ2v) is 7.25. The lowest BCUT2D eigenvalue weighted by atomic mass is 9.99. The van der Waals surface area contributed by atoms with Gasteiger partial charge in [0.15, 0.2) is 0 Å². The van der Waals surface area contributed by atoms with Crippen molar-refractivity contribution in [3.63, 3.8) is 0 Å². The minimum Gasteiger partial charge on any atom is -0.330 e. The number of aromatic nitrogens is 2. The third-order valence-corrected chi connectivity index (χ3v) is 4.19. The number of amides is 1. The zero-order valence-electron chi connectivity index (χ0n) is 15.7. The largest absolute Gasteiger partial charge is 0.330 e. The van der Waals surface area contributed by atoms with E-state index in [0.717, 1.165) is 49.4 Å². The van der Waals surface area contributed by atoms with Crippen molar-refractivity contribution in [3.05, 3.63) is 34.9 Å². The van der Waals surface area contributed by atoms with Crippen LogP contribution < -0.4 is 10.8 Å². The molecule has 1 aliphatic carbocycles. The van der Waals surface area contributed by atoms with Crippen molar-refractivity contribution < 1.29 is 10.0 Å². The first kappa shape index (κ1) is 19.4. The topological polar surface area (TPSA) is 79.2 Å². The number of hydrogen-bond donors (Lipinski definition) is 3. The number of hydroxylamine groups is 1. The van der Waals surface area contributed by atoms with Crippen LogP contribution in [-0.2, 0) is 24.2 Å². The number of nitrogens with one attached hydrogen (secondary N) is 2. The molecular weight excluding hydrogens is 316 g/mol.